The van der Waals surface area contributed by atoms with E-state index in [0.29, 0.717) is 44.9 Å². The molecule has 0 aliphatic carbocycles. The topological polar surface area (TPSA) is 187 Å². The number of benzene rings is 2. The third-order valence-corrected chi connectivity index (χ3v) is 9.28. The number of rotatable bonds is 22. The zero-order chi connectivity index (χ0) is 36.1. The van der Waals surface area contributed by atoms with E-state index in [2.05, 4.69) is 11.1 Å². The fraction of sp³-hybridized carbons (Fsp3) is 0.441. The molecule has 0 fully saturated rings. The molecule has 0 spiro atoms. The number of aromatic hydroxyl groups is 1. The number of aryl methyl sites for hydroxylation is 1. The molecular weight excluding hydrogens is 645 g/mol. The van der Waals surface area contributed by atoms with Gasteiger partial charge in [0.1, 0.15) is 31.1 Å². The molecule has 0 aliphatic heterocycles. The first-order valence-corrected chi connectivity index (χ1v) is 17.5. The van der Waals surface area contributed by atoms with Gasteiger partial charge in [0.15, 0.2) is 16.8 Å². The normalized spacial score (nSPS) is 12.0. The van der Waals surface area contributed by atoms with Crippen molar-refractivity contribution in [1.29, 1.82) is 0 Å². The van der Waals surface area contributed by atoms with Crippen molar-refractivity contribution in [3.63, 3.8) is 0 Å². The summed E-state index contributed by atoms with van der Waals surface area (Å²) >= 11 is 0. The van der Waals surface area contributed by atoms with Crippen LogP contribution in [0.1, 0.15) is 70.9 Å². The molecule has 2 atom stereocenters. The first-order chi connectivity index (χ1) is 22.7. The number of carbonyl (C=O) groups is 7. The maximum atomic E-state index is 12.6. The van der Waals surface area contributed by atoms with Gasteiger partial charge in [-0.15, -0.1) is 0 Å². The summed E-state index contributed by atoms with van der Waals surface area (Å²) < 4.78 is 10.9. The average Bonchev–Trinajstić information content (AvgIpc) is 3.03. The molecule has 256 valence electrons. The van der Waals surface area contributed by atoms with Crippen LogP contribution in [0.4, 0.5) is 0 Å². The Hall–Kier alpha value is -3.81. The van der Waals surface area contributed by atoms with Gasteiger partial charge in [-0.2, -0.15) is 0 Å². The van der Waals surface area contributed by atoms with Crippen molar-refractivity contribution >= 4 is 62.9 Å². The molecule has 4 N–H and O–H groups in total. The van der Waals surface area contributed by atoms with Crippen molar-refractivity contribution in [2.75, 3.05) is 12.5 Å². The van der Waals surface area contributed by atoms with Crippen LogP contribution in [0.5, 0.6) is 5.75 Å². The molecule has 0 aliphatic rings. The highest BCUT2D eigenvalue weighted by atomic mass is 33.1. The molecule has 0 aromatic heterocycles. The van der Waals surface area contributed by atoms with E-state index in [1.54, 1.807) is 36.4 Å². The van der Waals surface area contributed by atoms with Crippen LogP contribution in [-0.4, -0.2) is 70.2 Å². The van der Waals surface area contributed by atoms with Crippen LogP contribution >= 0.6 is 21.6 Å². The fourth-order valence-corrected chi connectivity index (χ4v) is 6.35. The van der Waals surface area contributed by atoms with Gasteiger partial charge in [-0.05, 0) is 61.9 Å². The van der Waals surface area contributed by atoms with Gasteiger partial charge in [-0.1, -0.05) is 64.9 Å². The highest BCUT2D eigenvalue weighted by Gasteiger charge is 2.27. The Morgan fingerprint density at radius 3 is 2.04 bits per heavy atom. The van der Waals surface area contributed by atoms with Crippen LogP contribution in [0.3, 0.4) is 0 Å². The number of carbonyl (C=O) groups excluding carboxylic acids is 7. The fourth-order valence-electron chi connectivity index (χ4n) is 4.14. The predicted octanol–water partition coefficient (Wildman–Crippen LogP) is 3.89. The van der Waals surface area contributed by atoms with Gasteiger partial charge in [0.2, 0.25) is 6.39 Å². The Labute approximate surface area is 285 Å². The van der Waals surface area contributed by atoms with E-state index in [-0.39, 0.29) is 41.2 Å². The number of hydrogen-bond acceptors (Lipinski definition) is 12. The Morgan fingerprint density at radius 2 is 1.47 bits per heavy atom. The molecule has 13 heteroatoms. The molecule has 1 unspecified atom stereocenters. The quantitative estimate of drug-likeness (QED) is 0.0405. The summed E-state index contributed by atoms with van der Waals surface area (Å²) in [5.74, 6) is -0.871. The maximum absolute atomic E-state index is 12.6. The monoisotopic (exact) mass is 690 g/mol. The van der Waals surface area contributed by atoms with Crippen molar-refractivity contribution in [3.05, 3.63) is 65.2 Å². The molecule has 2 aromatic rings. The van der Waals surface area contributed by atoms with E-state index in [1.807, 2.05) is 19.1 Å². The molecule has 0 radical (unpaired) electrons. The van der Waals surface area contributed by atoms with Gasteiger partial charge in [-0.25, -0.2) is 0 Å². The number of hydrogen-bond donors (Lipinski definition) is 3. The number of nitrogens with two attached hydrogens (primary N) is 1. The van der Waals surface area contributed by atoms with E-state index >= 15 is 0 Å². The van der Waals surface area contributed by atoms with Crippen molar-refractivity contribution in [2.45, 2.75) is 83.4 Å². The number of phenols is 1. The molecule has 2 rings (SSSR count). The largest absolute Gasteiger partial charge is 0.508 e. The third-order valence-electron chi connectivity index (χ3n) is 6.80. The van der Waals surface area contributed by atoms with Crippen molar-refractivity contribution in [1.82, 2.24) is 5.32 Å². The molecule has 1 amide bonds. The number of esters is 1. The SMILES string of the molecule is CCC(=O)CCCC(=O)CCc1ccc(CC(=O)COC(=O)C(SSCN[C@@H](Cc2ccc(O)cc2)C(C)=O)C(C)=O)cc1.[3H]C(N)=O. The number of primary amides is 1. The lowest BCUT2D eigenvalue weighted by molar-refractivity contribution is -0.148. The lowest BCUT2D eigenvalue weighted by Gasteiger charge is -2.17. The summed E-state index contributed by atoms with van der Waals surface area (Å²) in [5, 5.41) is 11.4. The van der Waals surface area contributed by atoms with E-state index in [4.69, 9.17) is 10.9 Å². The number of ketones is 5. The maximum Gasteiger partial charge on any atom is 0.328 e. The number of Topliss-reactive ketones (excluding diaryl/α,β-unsaturated/α-hetero) is 5. The Bertz CT molecular complexity index is 1380. The van der Waals surface area contributed by atoms with Crippen molar-refractivity contribution in [2.24, 2.45) is 5.73 Å². The third kappa shape index (κ3) is 18.2. The summed E-state index contributed by atoms with van der Waals surface area (Å²) in [6, 6.07) is 13.4. The van der Waals surface area contributed by atoms with Gasteiger partial charge in [0.25, 0.3) is 0 Å². The lowest BCUT2D eigenvalue weighted by Crippen LogP contribution is -2.37. The number of amides is 1. The molecule has 47 heavy (non-hydrogen) atoms. The van der Waals surface area contributed by atoms with Gasteiger partial charge >= 0.3 is 5.97 Å². The summed E-state index contributed by atoms with van der Waals surface area (Å²) in [4.78, 5) is 81.5. The zero-order valence-corrected chi connectivity index (χ0v) is 28.6. The zero-order valence-electron chi connectivity index (χ0n) is 28.0. The van der Waals surface area contributed by atoms with E-state index in [9.17, 15) is 33.9 Å². The second kappa shape index (κ2) is 23.5. The van der Waals surface area contributed by atoms with Crippen LogP contribution < -0.4 is 11.1 Å². The molecular formula is C34H44N2O9S2. The highest BCUT2D eigenvalue weighted by molar-refractivity contribution is 8.77. The first kappa shape index (κ1) is 39.4. The predicted molar refractivity (Wildman–Crippen MR) is 183 cm³/mol. The molecule has 0 saturated heterocycles. The van der Waals surface area contributed by atoms with Crippen molar-refractivity contribution < 1.29 is 44.8 Å². The van der Waals surface area contributed by atoms with E-state index in [1.165, 1.54) is 24.6 Å². The molecule has 0 bridgehead atoms. The van der Waals surface area contributed by atoms with Crippen LogP contribution in [0.25, 0.3) is 0 Å². The molecule has 0 heterocycles. The first-order valence-electron chi connectivity index (χ1n) is 15.6. The Morgan fingerprint density at radius 1 is 0.894 bits per heavy atom. The summed E-state index contributed by atoms with van der Waals surface area (Å²) in [6.07, 6.45) is 2.30. The van der Waals surface area contributed by atoms with E-state index in [0.717, 1.165) is 27.5 Å². The summed E-state index contributed by atoms with van der Waals surface area (Å²) in [5.41, 5.74) is 6.72. The van der Waals surface area contributed by atoms with Crippen LogP contribution in [0, 0.1) is 0 Å². The highest BCUT2D eigenvalue weighted by Crippen LogP contribution is 2.28. The summed E-state index contributed by atoms with van der Waals surface area (Å²) in [6.45, 7) is 4.11. The molecule has 0 saturated carbocycles. The average molecular weight is 691 g/mol. The number of ether oxygens (including phenoxy) is 1. The van der Waals surface area contributed by atoms with E-state index < -0.39 is 36.0 Å². The molecule has 2 aromatic carbocycles. The van der Waals surface area contributed by atoms with Gasteiger partial charge in [0, 0.05) is 32.1 Å². The lowest BCUT2D eigenvalue weighted by atomic mass is 10.0. The minimum absolute atomic E-state index is 0.0575. The smallest absolute Gasteiger partial charge is 0.328 e. The van der Waals surface area contributed by atoms with Gasteiger partial charge in [-0.3, -0.25) is 38.9 Å². The summed E-state index contributed by atoms with van der Waals surface area (Å²) in [7, 11) is 2.20. The van der Waals surface area contributed by atoms with Crippen molar-refractivity contribution in [3.8, 4) is 5.75 Å². The number of phenolic OH excluding ortho intramolecular Hbond substituents is 1. The second-order valence-corrected chi connectivity index (χ2v) is 13.1. The van der Waals surface area contributed by atoms with Gasteiger partial charge < -0.3 is 15.6 Å². The standard InChI is InChI=1S/C33H41NO8S2.CH3NO/c1-4-27(37)6-5-7-28(38)15-12-24-8-10-25(11-9-24)18-30(40)20-42-33(41)32(23(3)36)44-43-21-34-31(22(2)35)19-26-13-16-29(39)17-14-26;2-1-3/h8-11,13-14,16-17,31-32,34,39H,4-7,12,15,18-21H2,1-3H3;1H,(H2,2,3)/t31-,32?;/m0./s1/i;1T. The van der Waals surface area contributed by atoms with Crippen LogP contribution in [-0.2, 0) is 57.6 Å². The minimum atomic E-state index is -1.11. The van der Waals surface area contributed by atoms with Crippen LogP contribution in [0.2, 0.25) is 0 Å². The Balaban J connectivity index is 0.00000272. The second-order valence-electron chi connectivity index (χ2n) is 10.6. The Kier molecular flexibility index (Phi) is 19.7. The van der Waals surface area contributed by atoms with Gasteiger partial charge in [0.05, 0.1) is 11.9 Å². The number of nitrogens with one attached hydrogen (secondary N) is 1. The minimum Gasteiger partial charge on any atom is -0.508 e. The molecule has 11 nitrogen and oxygen atoms in total. The van der Waals surface area contributed by atoms with Crippen LogP contribution in [0.15, 0.2) is 48.5 Å².